The lowest BCUT2D eigenvalue weighted by Gasteiger charge is -2.24. The van der Waals surface area contributed by atoms with Crippen LogP contribution in [0.2, 0.25) is 5.02 Å². The first-order chi connectivity index (χ1) is 14.7. The van der Waals surface area contributed by atoms with Gasteiger partial charge in [0.25, 0.3) is 0 Å². The lowest BCUT2D eigenvalue weighted by molar-refractivity contribution is 0.833. The monoisotopic (exact) mass is 416 g/mol. The largest absolute Gasteiger partial charge is 0.370 e. The van der Waals surface area contributed by atoms with Crippen LogP contribution >= 0.6 is 11.6 Å². The number of anilines is 2. The molecule has 0 bridgehead atoms. The normalized spacial score (nSPS) is 10.9. The summed E-state index contributed by atoms with van der Waals surface area (Å²) in [6.07, 6.45) is 0. The fourth-order valence-corrected chi connectivity index (χ4v) is 3.80. The smallest absolute Gasteiger partial charge is 0.163 e. The standard InChI is InChI=1S/C25H25ClN4/c1-3-30(19-10-8-9-18(2)17-19)16-15-27-24-21-12-5-7-14-23(21)28-25(29-24)20-11-4-6-13-22(20)26/h4-14,17H,3,15-16H2,1-2H3,(H,27,28,29). The second kappa shape index (κ2) is 9.14. The molecular weight excluding hydrogens is 392 g/mol. The minimum atomic E-state index is 0.632. The van der Waals surface area contributed by atoms with Crippen molar-refractivity contribution in [1.29, 1.82) is 0 Å². The topological polar surface area (TPSA) is 41.0 Å². The summed E-state index contributed by atoms with van der Waals surface area (Å²) in [7, 11) is 0. The van der Waals surface area contributed by atoms with Crippen molar-refractivity contribution < 1.29 is 0 Å². The third-order valence-electron chi connectivity index (χ3n) is 5.14. The molecule has 1 N–H and O–H groups in total. The van der Waals surface area contributed by atoms with Gasteiger partial charge in [-0.25, -0.2) is 9.97 Å². The van der Waals surface area contributed by atoms with E-state index in [2.05, 4.69) is 48.3 Å². The SMILES string of the molecule is CCN(CCNc1nc(-c2ccccc2Cl)nc2ccccc12)c1cccc(C)c1. The van der Waals surface area contributed by atoms with E-state index in [9.17, 15) is 0 Å². The highest BCUT2D eigenvalue weighted by Gasteiger charge is 2.12. The lowest BCUT2D eigenvalue weighted by atomic mass is 10.2. The average molecular weight is 417 g/mol. The number of para-hydroxylation sites is 1. The zero-order chi connectivity index (χ0) is 20.9. The van der Waals surface area contributed by atoms with Crippen molar-refractivity contribution in [2.45, 2.75) is 13.8 Å². The highest BCUT2D eigenvalue weighted by atomic mass is 35.5. The second-order valence-corrected chi connectivity index (χ2v) is 7.65. The maximum atomic E-state index is 6.40. The molecule has 1 aromatic heterocycles. The van der Waals surface area contributed by atoms with Gasteiger partial charge in [0.05, 0.1) is 10.5 Å². The first-order valence-electron chi connectivity index (χ1n) is 10.2. The zero-order valence-electron chi connectivity index (χ0n) is 17.3. The summed E-state index contributed by atoms with van der Waals surface area (Å²) in [5.74, 6) is 1.46. The number of hydrogen-bond donors (Lipinski definition) is 1. The molecule has 152 valence electrons. The van der Waals surface area contributed by atoms with Crippen LogP contribution in [0.3, 0.4) is 0 Å². The summed E-state index contributed by atoms with van der Waals surface area (Å²) in [5, 5.41) is 5.19. The predicted octanol–water partition coefficient (Wildman–Crippen LogP) is 6.20. The van der Waals surface area contributed by atoms with Crippen molar-refractivity contribution in [3.8, 4) is 11.4 Å². The minimum absolute atomic E-state index is 0.632. The van der Waals surface area contributed by atoms with Gasteiger partial charge in [-0.1, -0.05) is 48.0 Å². The van der Waals surface area contributed by atoms with E-state index in [1.54, 1.807) is 0 Å². The van der Waals surface area contributed by atoms with E-state index < -0.39 is 0 Å². The third-order valence-corrected chi connectivity index (χ3v) is 5.47. The molecule has 4 nitrogen and oxygen atoms in total. The molecule has 0 aliphatic rings. The number of hydrogen-bond acceptors (Lipinski definition) is 4. The highest BCUT2D eigenvalue weighted by molar-refractivity contribution is 6.33. The molecule has 1 heterocycles. The molecule has 0 aliphatic heterocycles. The van der Waals surface area contributed by atoms with Gasteiger partial charge in [0, 0.05) is 36.3 Å². The number of fused-ring (bicyclic) bond motifs is 1. The molecule has 0 saturated heterocycles. The van der Waals surface area contributed by atoms with Crippen molar-refractivity contribution in [2.24, 2.45) is 0 Å². The van der Waals surface area contributed by atoms with E-state index in [-0.39, 0.29) is 0 Å². The van der Waals surface area contributed by atoms with Crippen LogP contribution in [0.4, 0.5) is 11.5 Å². The van der Waals surface area contributed by atoms with E-state index in [4.69, 9.17) is 21.6 Å². The first-order valence-corrected chi connectivity index (χ1v) is 10.6. The van der Waals surface area contributed by atoms with Crippen LogP contribution in [0.5, 0.6) is 0 Å². The number of rotatable bonds is 7. The van der Waals surface area contributed by atoms with Crippen LogP contribution in [-0.4, -0.2) is 29.6 Å². The Bertz CT molecular complexity index is 1160. The molecule has 0 fully saturated rings. The lowest BCUT2D eigenvalue weighted by Crippen LogP contribution is -2.29. The zero-order valence-corrected chi connectivity index (χ0v) is 18.0. The summed E-state index contributed by atoms with van der Waals surface area (Å²) < 4.78 is 0. The van der Waals surface area contributed by atoms with Gasteiger partial charge >= 0.3 is 0 Å². The number of likely N-dealkylation sites (N-methyl/N-ethyl adjacent to an activating group) is 1. The third kappa shape index (κ3) is 4.39. The number of aromatic nitrogens is 2. The molecular formula is C25H25ClN4. The molecule has 0 spiro atoms. The van der Waals surface area contributed by atoms with Gasteiger partial charge in [-0.05, 0) is 55.8 Å². The molecule has 0 unspecified atom stereocenters. The van der Waals surface area contributed by atoms with Gasteiger partial charge in [0.2, 0.25) is 0 Å². The van der Waals surface area contributed by atoms with Gasteiger partial charge < -0.3 is 10.2 Å². The van der Waals surface area contributed by atoms with Gasteiger partial charge in [-0.3, -0.25) is 0 Å². The van der Waals surface area contributed by atoms with Crippen molar-refractivity contribution in [3.05, 3.63) is 83.4 Å². The Morgan fingerprint density at radius 3 is 2.53 bits per heavy atom. The van der Waals surface area contributed by atoms with Gasteiger partial charge in [-0.2, -0.15) is 0 Å². The van der Waals surface area contributed by atoms with Crippen LogP contribution in [0.15, 0.2) is 72.8 Å². The molecule has 0 saturated carbocycles. The minimum Gasteiger partial charge on any atom is -0.370 e. The molecule has 0 aliphatic carbocycles. The summed E-state index contributed by atoms with van der Waals surface area (Å²) in [6.45, 7) is 6.89. The highest BCUT2D eigenvalue weighted by Crippen LogP contribution is 2.29. The Labute approximate surface area is 182 Å². The quantitative estimate of drug-likeness (QED) is 0.389. The van der Waals surface area contributed by atoms with Crippen LogP contribution in [0, 0.1) is 6.92 Å². The fraction of sp³-hybridized carbons (Fsp3) is 0.200. The van der Waals surface area contributed by atoms with E-state index in [1.807, 2.05) is 48.5 Å². The summed E-state index contributed by atoms with van der Waals surface area (Å²) >= 11 is 6.40. The second-order valence-electron chi connectivity index (χ2n) is 7.24. The van der Waals surface area contributed by atoms with Crippen molar-refractivity contribution >= 4 is 34.0 Å². The van der Waals surface area contributed by atoms with Crippen LogP contribution in [-0.2, 0) is 0 Å². The average Bonchev–Trinajstić information content (AvgIpc) is 2.77. The van der Waals surface area contributed by atoms with Crippen molar-refractivity contribution in [2.75, 3.05) is 29.9 Å². The van der Waals surface area contributed by atoms with Gasteiger partial charge in [-0.15, -0.1) is 0 Å². The molecule has 4 aromatic rings. The maximum Gasteiger partial charge on any atom is 0.163 e. The van der Waals surface area contributed by atoms with Crippen molar-refractivity contribution in [3.63, 3.8) is 0 Å². The number of halogens is 1. The summed E-state index contributed by atoms with van der Waals surface area (Å²) in [4.78, 5) is 11.9. The Balaban J connectivity index is 1.59. The Hall–Kier alpha value is -3.11. The Morgan fingerprint density at radius 1 is 0.933 bits per heavy atom. The number of nitrogens with one attached hydrogen (secondary N) is 1. The van der Waals surface area contributed by atoms with Crippen LogP contribution in [0.25, 0.3) is 22.3 Å². The molecule has 0 atom stereocenters. The van der Waals surface area contributed by atoms with Gasteiger partial charge in [0.1, 0.15) is 5.82 Å². The fourth-order valence-electron chi connectivity index (χ4n) is 3.58. The molecule has 0 amide bonds. The first kappa shape index (κ1) is 20.2. The number of nitrogens with zero attached hydrogens (tertiary/aromatic N) is 3. The Morgan fingerprint density at radius 2 is 1.73 bits per heavy atom. The van der Waals surface area contributed by atoms with E-state index in [1.165, 1.54) is 11.3 Å². The molecule has 0 radical (unpaired) electrons. The molecule has 4 rings (SSSR count). The maximum absolute atomic E-state index is 6.40. The molecule has 3 aromatic carbocycles. The number of aryl methyl sites for hydroxylation is 1. The van der Waals surface area contributed by atoms with E-state index in [0.717, 1.165) is 41.9 Å². The predicted molar refractivity (Wildman–Crippen MR) is 128 cm³/mol. The van der Waals surface area contributed by atoms with Gasteiger partial charge in [0.15, 0.2) is 5.82 Å². The molecule has 5 heteroatoms. The van der Waals surface area contributed by atoms with Crippen LogP contribution < -0.4 is 10.2 Å². The number of benzene rings is 3. The summed E-state index contributed by atoms with van der Waals surface area (Å²) in [5.41, 5.74) is 4.24. The summed E-state index contributed by atoms with van der Waals surface area (Å²) in [6, 6.07) is 24.3. The van der Waals surface area contributed by atoms with E-state index in [0.29, 0.717) is 10.8 Å². The van der Waals surface area contributed by atoms with Crippen molar-refractivity contribution in [1.82, 2.24) is 9.97 Å². The van der Waals surface area contributed by atoms with Crippen LogP contribution in [0.1, 0.15) is 12.5 Å². The van der Waals surface area contributed by atoms with E-state index >= 15 is 0 Å². The Kier molecular flexibility index (Phi) is 6.15. The molecule has 30 heavy (non-hydrogen) atoms.